The van der Waals surface area contributed by atoms with E-state index < -0.39 is 92.1 Å². The van der Waals surface area contributed by atoms with Crippen molar-refractivity contribution >= 4 is 118 Å². The van der Waals surface area contributed by atoms with Gasteiger partial charge in [0.1, 0.15) is 51.3 Å². The Kier molecular flexibility index (Phi) is 40.5. The van der Waals surface area contributed by atoms with Gasteiger partial charge >= 0.3 is 24.0 Å². The highest BCUT2D eigenvalue weighted by Crippen LogP contribution is 2.19. The maximum atomic E-state index is 13.3. The number of carbonyl (C=O) groups is 11. The number of cyclic esters (lactones) is 1. The van der Waals surface area contributed by atoms with Crippen molar-refractivity contribution in [1.82, 2.24) is 41.9 Å². The van der Waals surface area contributed by atoms with Crippen molar-refractivity contribution in [2.75, 3.05) is 31.2 Å². The van der Waals surface area contributed by atoms with Crippen molar-refractivity contribution in [3.8, 4) is 0 Å². The van der Waals surface area contributed by atoms with Crippen molar-refractivity contribution in [3.05, 3.63) is 56.5 Å². The van der Waals surface area contributed by atoms with E-state index in [1.807, 2.05) is 0 Å². The Bertz CT molecular complexity index is 2720. The van der Waals surface area contributed by atoms with Crippen LogP contribution in [-0.2, 0) is 70.4 Å². The first-order chi connectivity index (χ1) is 43.5. The smallest absolute Gasteiger partial charge is 0.408 e. The molecule has 28 heteroatoms. The minimum Gasteiger partial charge on any atom is -0.466 e. The van der Waals surface area contributed by atoms with Gasteiger partial charge in [-0.15, -0.1) is 22.7 Å². The van der Waals surface area contributed by atoms with Gasteiger partial charge in [-0.05, 0) is 76.5 Å². The molecular formula is C64H102N8O15S4Si. The van der Waals surface area contributed by atoms with Crippen LogP contribution in [0.25, 0.3) is 0 Å². The normalized spacial score (nSPS) is 15.7. The standard InChI is InChI=1S/C37H62N4O9S2Si.C27H40N4O6S2/c1-10-11-12-13-14-18-32(44)51-20-16-15-17-27(22-31(43)48-19-21-53(7,8)9)49-35(46)33(26(2)3)41-29(42)23-38-34(45)28-25-52-30(40-28)24-39-36(47)50-37(4,5)6;1-4-5-6-7-8-12-24(34)38-13-10-9-11-19-14-21(32)28-16-23-30-20(17-39-23)26(35)29-15-22(33)31-25(18(2)3)27(36)37-19/h15,17,25-27,33H,10-14,16,18-24H2,1-9H3,(H,38,45)(H,39,47)(H,41,42);9,11,17-19,25H,4-8,10,12-16H2,1-3H3,(H,28,32)(H,29,35)(H,31,33)/b17-15+;11-9+/t27-,33+;19-,25+/m11/s1. The third-order valence-electron chi connectivity index (χ3n) is 13.3. The molecule has 1 aliphatic rings. The van der Waals surface area contributed by atoms with Crippen LogP contribution in [0.2, 0.25) is 25.7 Å². The van der Waals surface area contributed by atoms with E-state index in [2.05, 4.69) is 75.4 Å². The summed E-state index contributed by atoms with van der Waals surface area (Å²) in [6.45, 7) is 22.8. The third-order valence-corrected chi connectivity index (χ3v) is 18.6. The van der Waals surface area contributed by atoms with Gasteiger partial charge in [0.2, 0.25) is 17.7 Å². The average Bonchev–Trinajstić information content (AvgIpc) is 2.04. The lowest BCUT2D eigenvalue weighted by Gasteiger charge is -2.23. The van der Waals surface area contributed by atoms with Crippen LogP contribution in [0, 0.1) is 11.8 Å². The SMILES string of the molecule is CCCCCCCC(=O)SCC/C=C/[C@@H]1CC(=O)NCc2nc(cs2)C(=O)NCC(=O)N[C@@H](C(C)C)C(=O)O1.CCCCCCCC(=O)SCC/C=C/[C@H](CC(=O)OCC[Si](C)(C)C)OC(=O)[C@@H](NC(=O)CNC(=O)c1csc(CNC(=O)OC(C)(C)C)n1)C(C)C. The van der Waals surface area contributed by atoms with E-state index in [9.17, 15) is 52.7 Å². The van der Waals surface area contributed by atoms with Crippen molar-refractivity contribution in [2.24, 2.45) is 11.8 Å². The van der Waals surface area contributed by atoms with Crippen LogP contribution in [0.15, 0.2) is 35.1 Å². The number of thiazole rings is 2. The molecule has 0 fully saturated rings. The van der Waals surface area contributed by atoms with Crippen LogP contribution in [0.1, 0.15) is 196 Å². The fourth-order valence-electron chi connectivity index (χ4n) is 8.14. The average molecular weight is 1380 g/mol. The molecule has 3 rings (SSSR count). The number of fused-ring (bicyclic) bond motifs is 2. The van der Waals surface area contributed by atoms with Gasteiger partial charge in [-0.2, -0.15) is 0 Å². The molecular weight excluding hydrogens is 1280 g/mol. The molecule has 2 aromatic rings. The predicted octanol–water partition coefficient (Wildman–Crippen LogP) is 10.3. The lowest BCUT2D eigenvalue weighted by atomic mass is 10.0. The second-order valence-corrected chi connectivity index (χ2v) is 34.7. The molecule has 2 bridgehead atoms. The zero-order valence-electron chi connectivity index (χ0n) is 56.0. The Balaban J connectivity index is 0.000000655. The summed E-state index contributed by atoms with van der Waals surface area (Å²) in [6, 6.07) is -1.22. The summed E-state index contributed by atoms with van der Waals surface area (Å²) < 4.78 is 22.0. The van der Waals surface area contributed by atoms with Gasteiger partial charge < -0.3 is 50.8 Å². The molecule has 0 radical (unpaired) electrons. The molecule has 4 atom stereocenters. The first kappa shape index (κ1) is 82.1. The number of aromatic nitrogens is 2. The van der Waals surface area contributed by atoms with Gasteiger partial charge in [0.15, 0.2) is 10.2 Å². The highest BCUT2D eigenvalue weighted by atomic mass is 32.2. The number of thioether (sulfide) groups is 2. The van der Waals surface area contributed by atoms with Gasteiger partial charge in [0.25, 0.3) is 11.8 Å². The number of unbranched alkanes of at least 4 members (excludes halogenated alkanes) is 8. The highest BCUT2D eigenvalue weighted by Gasteiger charge is 2.31. The number of ether oxygens (including phenoxy) is 4. The maximum Gasteiger partial charge on any atom is 0.408 e. The maximum absolute atomic E-state index is 13.3. The molecule has 0 saturated heterocycles. The molecule has 0 saturated carbocycles. The molecule has 0 aliphatic carbocycles. The van der Waals surface area contributed by atoms with Gasteiger partial charge in [0, 0.05) is 43.2 Å². The van der Waals surface area contributed by atoms with Crippen LogP contribution in [0.3, 0.4) is 0 Å². The topological polar surface area (TPSA) is 323 Å². The summed E-state index contributed by atoms with van der Waals surface area (Å²) in [5.74, 6) is -4.07. The van der Waals surface area contributed by atoms with Gasteiger partial charge in [-0.1, -0.05) is 148 Å². The first-order valence-corrected chi connectivity index (χ1v) is 39.4. The fourth-order valence-corrected chi connectivity index (χ4v) is 11.8. The largest absolute Gasteiger partial charge is 0.466 e. The number of esters is 3. The molecule has 0 unspecified atom stereocenters. The number of amides is 6. The Hall–Kier alpha value is -5.97. The molecule has 0 spiro atoms. The van der Waals surface area contributed by atoms with E-state index in [0.717, 1.165) is 62.3 Å². The minimum atomic E-state index is -1.43. The monoisotopic (exact) mass is 1380 g/mol. The van der Waals surface area contributed by atoms with E-state index in [1.54, 1.807) is 78.2 Å². The number of hydrogen-bond donors (Lipinski definition) is 6. The second kappa shape index (κ2) is 45.4. The van der Waals surface area contributed by atoms with E-state index in [-0.39, 0.29) is 78.4 Å². The summed E-state index contributed by atoms with van der Waals surface area (Å²) in [6.07, 6.45) is 17.3. The van der Waals surface area contributed by atoms with E-state index in [0.29, 0.717) is 47.2 Å². The highest BCUT2D eigenvalue weighted by molar-refractivity contribution is 8.13. The van der Waals surface area contributed by atoms with Gasteiger partial charge in [-0.3, -0.25) is 38.4 Å². The van der Waals surface area contributed by atoms with Gasteiger partial charge in [0.05, 0.1) is 45.6 Å². The van der Waals surface area contributed by atoms with E-state index >= 15 is 0 Å². The van der Waals surface area contributed by atoms with Crippen molar-refractivity contribution in [1.29, 1.82) is 0 Å². The Morgan fingerprint density at radius 3 is 2.02 bits per heavy atom. The van der Waals surface area contributed by atoms with Crippen molar-refractivity contribution < 1.29 is 71.7 Å². The molecule has 3 heterocycles. The van der Waals surface area contributed by atoms with Gasteiger partial charge in [-0.25, -0.2) is 24.4 Å². The summed E-state index contributed by atoms with van der Waals surface area (Å²) in [5.41, 5.74) is -0.434. The quantitative estimate of drug-likeness (QED) is 0.0123. The summed E-state index contributed by atoms with van der Waals surface area (Å²) >= 11 is 4.94. The summed E-state index contributed by atoms with van der Waals surface area (Å²) in [4.78, 5) is 146. The van der Waals surface area contributed by atoms with Crippen LogP contribution in [0.4, 0.5) is 4.79 Å². The van der Waals surface area contributed by atoms with Crippen molar-refractivity contribution in [3.63, 3.8) is 0 Å². The summed E-state index contributed by atoms with van der Waals surface area (Å²) in [5, 5.41) is 19.9. The number of hydrogen-bond acceptors (Lipinski definition) is 21. The lowest BCUT2D eigenvalue weighted by molar-refractivity contribution is -0.156. The fraction of sp³-hybridized carbons (Fsp3) is 0.672. The van der Waals surface area contributed by atoms with E-state index in [1.165, 1.54) is 59.5 Å². The zero-order valence-corrected chi connectivity index (χ0v) is 60.3. The van der Waals surface area contributed by atoms with Crippen LogP contribution in [-0.4, -0.2) is 143 Å². The van der Waals surface area contributed by atoms with Crippen molar-refractivity contribution in [2.45, 2.75) is 234 Å². The Labute approximate surface area is 561 Å². The lowest BCUT2D eigenvalue weighted by Crippen LogP contribution is -2.49. The molecule has 92 heavy (non-hydrogen) atoms. The number of rotatable bonds is 35. The molecule has 6 amide bonds. The number of nitrogens with zero attached hydrogens (tertiary/aromatic N) is 2. The van der Waals surface area contributed by atoms with Crippen LogP contribution in [0.5, 0.6) is 0 Å². The Morgan fingerprint density at radius 1 is 0.793 bits per heavy atom. The molecule has 2 aromatic heterocycles. The molecule has 516 valence electrons. The minimum absolute atomic E-state index is 0.0653. The second-order valence-electron chi connectivity index (χ2n) is 24.9. The van der Waals surface area contributed by atoms with E-state index in [4.69, 9.17) is 18.9 Å². The number of allylic oxidation sites excluding steroid dienone is 2. The van der Waals surface area contributed by atoms with Crippen LogP contribution < -0.4 is 31.9 Å². The third kappa shape index (κ3) is 38.9. The molecule has 23 nitrogen and oxygen atoms in total. The number of carbonyl (C=O) groups excluding carboxylic acids is 11. The summed E-state index contributed by atoms with van der Waals surface area (Å²) in [7, 11) is -1.43. The zero-order chi connectivity index (χ0) is 68.7. The molecule has 0 aromatic carbocycles. The number of alkyl carbamates (subject to hydrolysis) is 1. The first-order valence-electron chi connectivity index (χ1n) is 32.0. The molecule has 6 N–H and O–H groups in total. The predicted molar refractivity (Wildman–Crippen MR) is 365 cm³/mol. The Morgan fingerprint density at radius 2 is 1.42 bits per heavy atom. The number of nitrogens with one attached hydrogen (secondary N) is 6. The molecule has 1 aliphatic heterocycles. The van der Waals surface area contributed by atoms with Crippen LogP contribution >= 0.6 is 46.2 Å².